The van der Waals surface area contributed by atoms with Crippen LogP contribution in [-0.4, -0.2) is 11.1 Å². The van der Waals surface area contributed by atoms with Crippen LogP contribution in [0.5, 0.6) is 0 Å². The van der Waals surface area contributed by atoms with E-state index >= 15 is 0 Å². The van der Waals surface area contributed by atoms with Crippen molar-refractivity contribution < 1.29 is 5.11 Å². The van der Waals surface area contributed by atoms with Gasteiger partial charge in [0.05, 0.1) is 6.10 Å². The van der Waals surface area contributed by atoms with Crippen LogP contribution in [0.15, 0.2) is 22.7 Å². The molecule has 2 atom stereocenters. The molecule has 0 saturated heterocycles. The number of hydrogen-bond donors (Lipinski definition) is 3. The van der Waals surface area contributed by atoms with Gasteiger partial charge in [-0.3, -0.25) is 0 Å². The predicted molar refractivity (Wildman–Crippen MR) is 61.8 cm³/mol. The summed E-state index contributed by atoms with van der Waals surface area (Å²) in [6.07, 6.45) is -0.0608. The van der Waals surface area contributed by atoms with E-state index in [1.807, 2.05) is 19.1 Å². The van der Waals surface area contributed by atoms with Crippen molar-refractivity contribution in [1.82, 2.24) is 0 Å². The van der Waals surface area contributed by atoms with Gasteiger partial charge in [0.25, 0.3) is 0 Å². The van der Waals surface area contributed by atoms with Crippen LogP contribution in [0.25, 0.3) is 0 Å². The summed E-state index contributed by atoms with van der Waals surface area (Å²) in [4.78, 5) is 0. The number of hydrogen-bond acceptors (Lipinski definition) is 3. The molecule has 1 rings (SSSR count). The smallest absolute Gasteiger partial charge is 0.0824 e. The summed E-state index contributed by atoms with van der Waals surface area (Å²) in [7, 11) is 0. The zero-order valence-electron chi connectivity index (χ0n) is 8.07. The number of anilines is 1. The van der Waals surface area contributed by atoms with Crippen LogP contribution >= 0.6 is 15.9 Å². The Morgan fingerprint density at radius 3 is 2.64 bits per heavy atom. The van der Waals surface area contributed by atoms with Crippen molar-refractivity contribution in [3.8, 4) is 0 Å². The number of benzene rings is 1. The molecule has 3 nitrogen and oxygen atoms in total. The Balaban J connectivity index is 2.84. The van der Waals surface area contributed by atoms with Crippen LogP contribution in [0.3, 0.4) is 0 Å². The molecule has 0 amide bonds. The lowest BCUT2D eigenvalue weighted by Gasteiger charge is -2.15. The molecule has 0 aromatic heterocycles. The molecule has 5 N–H and O–H groups in total. The predicted octanol–water partition coefficient (Wildman–Crippen LogP) is 1.80. The van der Waals surface area contributed by atoms with E-state index in [9.17, 15) is 5.11 Å². The topological polar surface area (TPSA) is 72.3 Å². The van der Waals surface area contributed by atoms with Crippen molar-refractivity contribution in [2.75, 3.05) is 5.73 Å². The normalized spacial score (nSPS) is 15.1. The molecule has 0 heterocycles. The van der Waals surface area contributed by atoms with Gasteiger partial charge in [0.15, 0.2) is 0 Å². The minimum atomic E-state index is -0.580. The first-order chi connectivity index (χ1) is 6.50. The molecule has 0 fully saturated rings. The van der Waals surface area contributed by atoms with Gasteiger partial charge in [-0.1, -0.05) is 22.0 Å². The van der Waals surface area contributed by atoms with Crippen molar-refractivity contribution >= 4 is 21.6 Å². The third-order valence-corrected chi connectivity index (χ3v) is 2.50. The fourth-order valence-corrected chi connectivity index (χ4v) is 1.71. The average molecular weight is 259 g/mol. The monoisotopic (exact) mass is 258 g/mol. The third kappa shape index (κ3) is 2.97. The highest BCUT2D eigenvalue weighted by atomic mass is 79.9. The number of nitrogen functional groups attached to an aromatic ring is 1. The molecule has 4 heteroatoms. The van der Waals surface area contributed by atoms with E-state index in [2.05, 4.69) is 15.9 Å². The molecular formula is C10H15BrN2O. The van der Waals surface area contributed by atoms with Crippen LogP contribution in [-0.2, 0) is 0 Å². The maximum atomic E-state index is 9.79. The van der Waals surface area contributed by atoms with Gasteiger partial charge in [-0.15, -0.1) is 0 Å². The van der Waals surface area contributed by atoms with Gasteiger partial charge in [0.1, 0.15) is 0 Å². The molecule has 0 radical (unpaired) electrons. The van der Waals surface area contributed by atoms with Crippen molar-refractivity contribution in [2.24, 2.45) is 5.73 Å². The third-order valence-electron chi connectivity index (χ3n) is 2.00. The maximum absolute atomic E-state index is 9.79. The summed E-state index contributed by atoms with van der Waals surface area (Å²) in [5.41, 5.74) is 12.7. The van der Waals surface area contributed by atoms with E-state index in [1.54, 1.807) is 6.07 Å². The van der Waals surface area contributed by atoms with E-state index in [0.29, 0.717) is 12.1 Å². The lowest BCUT2D eigenvalue weighted by molar-refractivity contribution is 0.161. The first-order valence-corrected chi connectivity index (χ1v) is 5.28. The van der Waals surface area contributed by atoms with Crippen LogP contribution in [0.1, 0.15) is 25.0 Å². The largest absolute Gasteiger partial charge is 0.398 e. The highest BCUT2D eigenvalue weighted by molar-refractivity contribution is 9.10. The van der Waals surface area contributed by atoms with E-state index in [1.165, 1.54) is 0 Å². The number of aliphatic hydroxyl groups excluding tert-OH is 1. The van der Waals surface area contributed by atoms with Gasteiger partial charge in [0, 0.05) is 21.8 Å². The summed E-state index contributed by atoms with van der Waals surface area (Å²) in [5.74, 6) is 0. The Morgan fingerprint density at radius 2 is 2.14 bits per heavy atom. The molecule has 0 aliphatic heterocycles. The number of aliphatic hydroxyl groups is 1. The first-order valence-electron chi connectivity index (χ1n) is 4.49. The highest BCUT2D eigenvalue weighted by Crippen LogP contribution is 2.26. The van der Waals surface area contributed by atoms with Crippen LogP contribution < -0.4 is 11.5 Å². The van der Waals surface area contributed by atoms with Crippen LogP contribution in [0.2, 0.25) is 0 Å². The Kier molecular flexibility index (Phi) is 3.92. The van der Waals surface area contributed by atoms with Gasteiger partial charge in [-0.2, -0.15) is 0 Å². The molecule has 14 heavy (non-hydrogen) atoms. The molecule has 0 bridgehead atoms. The highest BCUT2D eigenvalue weighted by Gasteiger charge is 2.12. The van der Waals surface area contributed by atoms with Crippen molar-refractivity contribution in [1.29, 1.82) is 0 Å². The van der Waals surface area contributed by atoms with Crippen molar-refractivity contribution in [2.45, 2.75) is 25.5 Å². The van der Waals surface area contributed by atoms with Crippen LogP contribution in [0.4, 0.5) is 5.69 Å². The van der Waals surface area contributed by atoms with E-state index < -0.39 is 6.10 Å². The van der Waals surface area contributed by atoms with Crippen LogP contribution in [0, 0.1) is 0 Å². The lowest BCUT2D eigenvalue weighted by Crippen LogP contribution is -2.19. The lowest BCUT2D eigenvalue weighted by atomic mass is 10.0. The van der Waals surface area contributed by atoms with Gasteiger partial charge in [0.2, 0.25) is 0 Å². The molecule has 0 aliphatic rings. The fourth-order valence-electron chi connectivity index (χ4n) is 1.33. The summed E-state index contributed by atoms with van der Waals surface area (Å²) >= 11 is 3.31. The van der Waals surface area contributed by atoms with Crippen molar-refractivity contribution in [3.63, 3.8) is 0 Å². The summed E-state index contributed by atoms with van der Waals surface area (Å²) in [5, 5.41) is 9.79. The Bertz CT molecular complexity index is 315. The molecule has 0 saturated carbocycles. The number of halogens is 1. The Labute approximate surface area is 92.2 Å². The SMILES string of the molecule is CC(N)CC(O)c1ccc(Br)cc1N. The zero-order chi connectivity index (χ0) is 10.7. The second kappa shape index (κ2) is 4.77. The van der Waals surface area contributed by atoms with Gasteiger partial charge in [-0.05, 0) is 25.5 Å². The van der Waals surface area contributed by atoms with Gasteiger partial charge in [-0.25, -0.2) is 0 Å². The molecule has 0 aliphatic carbocycles. The maximum Gasteiger partial charge on any atom is 0.0824 e. The second-order valence-electron chi connectivity index (χ2n) is 3.50. The molecule has 2 unspecified atom stereocenters. The average Bonchev–Trinajstić information content (AvgIpc) is 2.01. The fraction of sp³-hybridized carbons (Fsp3) is 0.400. The van der Waals surface area contributed by atoms with Crippen molar-refractivity contribution in [3.05, 3.63) is 28.2 Å². The second-order valence-corrected chi connectivity index (χ2v) is 4.42. The molecule has 0 spiro atoms. The molecule has 1 aromatic rings. The molecule has 78 valence electrons. The summed E-state index contributed by atoms with van der Waals surface area (Å²) in [6, 6.07) is 5.41. The van der Waals surface area contributed by atoms with Gasteiger partial charge >= 0.3 is 0 Å². The number of nitrogens with two attached hydrogens (primary N) is 2. The Morgan fingerprint density at radius 1 is 1.50 bits per heavy atom. The molecular weight excluding hydrogens is 244 g/mol. The Hall–Kier alpha value is -0.580. The van der Waals surface area contributed by atoms with Gasteiger partial charge < -0.3 is 16.6 Å². The van der Waals surface area contributed by atoms with E-state index in [-0.39, 0.29) is 6.04 Å². The first kappa shape index (κ1) is 11.5. The standard InChI is InChI=1S/C10H15BrN2O/c1-6(12)4-10(14)8-3-2-7(11)5-9(8)13/h2-3,5-6,10,14H,4,12-13H2,1H3. The van der Waals surface area contributed by atoms with E-state index in [4.69, 9.17) is 11.5 Å². The summed E-state index contributed by atoms with van der Waals surface area (Å²) in [6.45, 7) is 1.86. The molecule has 1 aromatic carbocycles. The zero-order valence-corrected chi connectivity index (χ0v) is 9.66. The van der Waals surface area contributed by atoms with E-state index in [0.717, 1.165) is 10.0 Å². The quantitative estimate of drug-likeness (QED) is 0.725. The number of rotatable bonds is 3. The summed E-state index contributed by atoms with van der Waals surface area (Å²) < 4.78 is 0.909. The minimum Gasteiger partial charge on any atom is -0.398 e. The minimum absolute atomic E-state index is 0.0342.